The number of imidazole rings is 1. The van der Waals surface area contributed by atoms with Crippen molar-refractivity contribution in [2.45, 2.75) is 34.2 Å². The Morgan fingerprint density at radius 3 is 2.63 bits per heavy atom. The Hall–Kier alpha value is -1.85. The van der Waals surface area contributed by atoms with Gasteiger partial charge in [0.15, 0.2) is 11.2 Å². The number of methoxy groups -OCH3 is 1. The maximum atomic E-state index is 6.00. The van der Waals surface area contributed by atoms with Gasteiger partial charge in [-0.2, -0.15) is 4.98 Å². The molecule has 19 heavy (non-hydrogen) atoms. The molecule has 0 spiro atoms. The van der Waals surface area contributed by atoms with Crippen LogP contribution in [0.3, 0.4) is 0 Å². The Bertz CT molecular complexity index is 584. The minimum Gasteiger partial charge on any atom is -0.479 e. The minimum absolute atomic E-state index is 0.195. The lowest BCUT2D eigenvalue weighted by Crippen LogP contribution is -2.23. The molecule has 0 aliphatic carbocycles. The highest BCUT2D eigenvalue weighted by molar-refractivity contribution is 5.78. The first-order valence-corrected chi connectivity index (χ1v) is 6.35. The summed E-state index contributed by atoms with van der Waals surface area (Å²) in [6.45, 7) is 9.60. The molecule has 1 unspecified atom stereocenters. The lowest BCUT2D eigenvalue weighted by molar-refractivity contribution is 0.235. The van der Waals surface area contributed by atoms with Crippen molar-refractivity contribution in [2.75, 3.05) is 12.8 Å². The number of hydrogen-bond donors (Lipinski definition) is 1. The second kappa shape index (κ2) is 4.68. The summed E-state index contributed by atoms with van der Waals surface area (Å²) >= 11 is 0. The third-order valence-electron chi connectivity index (χ3n) is 3.66. The van der Waals surface area contributed by atoms with Crippen molar-refractivity contribution in [1.29, 1.82) is 0 Å². The number of fused-ring (bicyclic) bond motifs is 1. The normalized spacial score (nSPS) is 13.7. The van der Waals surface area contributed by atoms with Crippen LogP contribution in [0.5, 0.6) is 5.88 Å². The highest BCUT2D eigenvalue weighted by Gasteiger charge is 2.23. The van der Waals surface area contributed by atoms with E-state index in [1.54, 1.807) is 7.11 Å². The van der Waals surface area contributed by atoms with Crippen LogP contribution in [0, 0.1) is 11.3 Å². The number of rotatable bonds is 3. The first-order valence-electron chi connectivity index (χ1n) is 6.35. The summed E-state index contributed by atoms with van der Waals surface area (Å²) in [5.74, 6) is 1.34. The van der Waals surface area contributed by atoms with E-state index in [0.29, 0.717) is 23.3 Å². The minimum atomic E-state index is 0.195. The zero-order valence-corrected chi connectivity index (χ0v) is 12.1. The molecule has 6 heteroatoms. The fourth-order valence-electron chi connectivity index (χ4n) is 1.81. The second-order valence-corrected chi connectivity index (χ2v) is 5.90. The molecule has 0 fully saturated rings. The first-order chi connectivity index (χ1) is 8.84. The number of nitrogen functional groups attached to an aromatic ring is 1. The highest BCUT2D eigenvalue weighted by atomic mass is 16.5. The molecule has 0 saturated heterocycles. The Morgan fingerprint density at radius 2 is 2.05 bits per heavy atom. The largest absolute Gasteiger partial charge is 0.479 e. The van der Waals surface area contributed by atoms with Gasteiger partial charge in [0.05, 0.1) is 7.11 Å². The summed E-state index contributed by atoms with van der Waals surface area (Å²) in [7, 11) is 1.56. The maximum absolute atomic E-state index is 6.00. The van der Waals surface area contributed by atoms with Crippen LogP contribution in [0.4, 0.5) is 5.95 Å². The van der Waals surface area contributed by atoms with Crippen LogP contribution in [0.2, 0.25) is 0 Å². The van der Waals surface area contributed by atoms with Crippen LogP contribution >= 0.6 is 0 Å². The third kappa shape index (κ3) is 2.47. The van der Waals surface area contributed by atoms with Crippen molar-refractivity contribution in [3.63, 3.8) is 0 Å². The van der Waals surface area contributed by atoms with E-state index in [4.69, 9.17) is 10.5 Å². The predicted molar refractivity (Wildman–Crippen MR) is 74.9 cm³/mol. The first kappa shape index (κ1) is 13.6. The van der Waals surface area contributed by atoms with E-state index in [1.807, 2.05) is 4.57 Å². The van der Waals surface area contributed by atoms with Crippen LogP contribution in [-0.2, 0) is 6.54 Å². The molecule has 0 amide bonds. The van der Waals surface area contributed by atoms with Gasteiger partial charge in [0, 0.05) is 6.54 Å². The van der Waals surface area contributed by atoms with Gasteiger partial charge >= 0.3 is 0 Å². The van der Waals surface area contributed by atoms with Crippen molar-refractivity contribution < 1.29 is 4.74 Å². The van der Waals surface area contributed by atoms with Crippen LogP contribution < -0.4 is 10.5 Å². The molecule has 0 radical (unpaired) electrons. The van der Waals surface area contributed by atoms with E-state index < -0.39 is 0 Å². The highest BCUT2D eigenvalue weighted by Crippen LogP contribution is 2.30. The molecule has 0 aliphatic heterocycles. The van der Waals surface area contributed by atoms with Crippen LogP contribution in [0.1, 0.15) is 27.7 Å². The van der Waals surface area contributed by atoms with Crippen LogP contribution in [0.15, 0.2) is 6.33 Å². The Morgan fingerprint density at radius 1 is 1.37 bits per heavy atom. The number of nitrogens with two attached hydrogens (primary N) is 1. The van der Waals surface area contributed by atoms with Gasteiger partial charge < -0.3 is 10.5 Å². The number of anilines is 1. The van der Waals surface area contributed by atoms with Crippen LogP contribution in [0.25, 0.3) is 11.2 Å². The van der Waals surface area contributed by atoms with Gasteiger partial charge in [0.1, 0.15) is 6.33 Å². The fraction of sp³-hybridized carbons (Fsp3) is 0.615. The summed E-state index contributed by atoms with van der Waals surface area (Å²) in [6.07, 6.45) is 1.47. The van der Waals surface area contributed by atoms with Crippen LogP contribution in [-0.4, -0.2) is 26.6 Å². The molecule has 2 heterocycles. The van der Waals surface area contributed by atoms with Gasteiger partial charge in [-0.25, -0.2) is 9.97 Å². The molecule has 6 nitrogen and oxygen atoms in total. The van der Waals surface area contributed by atoms with E-state index in [0.717, 1.165) is 12.2 Å². The van der Waals surface area contributed by atoms with Gasteiger partial charge in [-0.3, -0.25) is 4.57 Å². The summed E-state index contributed by atoms with van der Waals surface area (Å²) in [4.78, 5) is 12.6. The molecule has 0 aliphatic rings. The van der Waals surface area contributed by atoms with Gasteiger partial charge in [-0.15, -0.1) is 0 Å². The summed E-state index contributed by atoms with van der Waals surface area (Å²) in [5, 5.41) is 0. The molecule has 0 saturated carbocycles. The van der Waals surface area contributed by atoms with E-state index >= 15 is 0 Å². The van der Waals surface area contributed by atoms with Crippen molar-refractivity contribution >= 4 is 17.1 Å². The molecule has 2 rings (SSSR count). The average molecular weight is 263 g/mol. The predicted octanol–water partition coefficient (Wildman–Crippen LogP) is 2.10. The second-order valence-electron chi connectivity index (χ2n) is 5.90. The fourth-order valence-corrected chi connectivity index (χ4v) is 1.81. The number of nitrogens with zero attached hydrogens (tertiary/aromatic N) is 4. The molecule has 0 bridgehead atoms. The molecule has 104 valence electrons. The van der Waals surface area contributed by atoms with Crippen molar-refractivity contribution in [1.82, 2.24) is 19.5 Å². The summed E-state index contributed by atoms with van der Waals surface area (Å²) in [6, 6.07) is 0. The standard InChI is InChI=1S/C13H21N5O/c1-8(13(2,3)4)6-18-10-9(17-12(18)14)11(19-5)16-7-15-10/h7-8H,6H2,1-5H3,(H2,14,17). The van der Waals surface area contributed by atoms with E-state index in [-0.39, 0.29) is 5.41 Å². The molecule has 2 N–H and O–H groups in total. The van der Waals surface area contributed by atoms with Crippen molar-refractivity contribution in [3.8, 4) is 5.88 Å². The van der Waals surface area contributed by atoms with E-state index in [2.05, 4.69) is 42.6 Å². The number of aromatic nitrogens is 4. The quantitative estimate of drug-likeness (QED) is 0.917. The maximum Gasteiger partial charge on any atom is 0.245 e. The van der Waals surface area contributed by atoms with Gasteiger partial charge in [-0.1, -0.05) is 27.7 Å². The Labute approximate surface area is 113 Å². The molecule has 1 atom stereocenters. The lowest BCUT2D eigenvalue weighted by Gasteiger charge is -2.27. The molecular weight excluding hydrogens is 242 g/mol. The van der Waals surface area contributed by atoms with Crippen molar-refractivity contribution in [3.05, 3.63) is 6.33 Å². The Balaban J connectivity index is 2.47. The van der Waals surface area contributed by atoms with Gasteiger partial charge in [-0.05, 0) is 11.3 Å². The topological polar surface area (TPSA) is 78.8 Å². The lowest BCUT2D eigenvalue weighted by atomic mass is 9.82. The van der Waals surface area contributed by atoms with E-state index in [9.17, 15) is 0 Å². The zero-order valence-electron chi connectivity index (χ0n) is 12.1. The van der Waals surface area contributed by atoms with Gasteiger partial charge in [0.25, 0.3) is 0 Å². The Kier molecular flexibility index (Phi) is 3.34. The molecule has 2 aromatic heterocycles. The third-order valence-corrected chi connectivity index (χ3v) is 3.66. The monoisotopic (exact) mass is 263 g/mol. The molecule has 2 aromatic rings. The summed E-state index contributed by atoms with van der Waals surface area (Å²) < 4.78 is 7.11. The zero-order chi connectivity index (χ0) is 14.2. The smallest absolute Gasteiger partial charge is 0.245 e. The average Bonchev–Trinajstić information content (AvgIpc) is 2.65. The molecule has 0 aromatic carbocycles. The number of ether oxygens (including phenoxy) is 1. The van der Waals surface area contributed by atoms with Gasteiger partial charge in [0.2, 0.25) is 11.8 Å². The van der Waals surface area contributed by atoms with Crippen molar-refractivity contribution in [2.24, 2.45) is 11.3 Å². The van der Waals surface area contributed by atoms with E-state index in [1.165, 1.54) is 6.33 Å². The molecular formula is C13H21N5O. The summed E-state index contributed by atoms with van der Waals surface area (Å²) in [5.41, 5.74) is 7.53. The SMILES string of the molecule is COc1ncnc2c1nc(N)n2CC(C)C(C)(C)C. The number of hydrogen-bond acceptors (Lipinski definition) is 5.